The number of aliphatic hydroxyl groups is 1. The second-order valence-electron chi connectivity index (χ2n) is 5.23. The van der Waals surface area contributed by atoms with Gasteiger partial charge in [0, 0.05) is 24.2 Å². The summed E-state index contributed by atoms with van der Waals surface area (Å²) in [5.41, 5.74) is 6.26. The van der Waals surface area contributed by atoms with Crippen LogP contribution in [0.2, 0.25) is 0 Å². The molecule has 1 heterocycles. The SMILES string of the molecule is CC1(O)CCN(C(=O)c2ccc(C(N)=S)cc2)CC1. The number of amides is 1. The summed E-state index contributed by atoms with van der Waals surface area (Å²) in [6, 6.07) is 7.00. The Labute approximate surface area is 118 Å². The highest BCUT2D eigenvalue weighted by Crippen LogP contribution is 2.22. The van der Waals surface area contributed by atoms with Gasteiger partial charge in [-0.3, -0.25) is 4.79 Å². The minimum atomic E-state index is -0.646. The van der Waals surface area contributed by atoms with Gasteiger partial charge in [-0.2, -0.15) is 0 Å². The summed E-state index contributed by atoms with van der Waals surface area (Å²) >= 11 is 4.88. The smallest absolute Gasteiger partial charge is 0.253 e. The molecule has 0 saturated carbocycles. The van der Waals surface area contributed by atoms with E-state index in [9.17, 15) is 9.90 Å². The van der Waals surface area contributed by atoms with E-state index in [2.05, 4.69) is 0 Å². The number of nitrogens with two attached hydrogens (primary N) is 1. The van der Waals surface area contributed by atoms with Gasteiger partial charge in [0.2, 0.25) is 0 Å². The highest BCUT2D eigenvalue weighted by Gasteiger charge is 2.29. The van der Waals surface area contributed by atoms with Crippen LogP contribution >= 0.6 is 12.2 Å². The Hall–Kier alpha value is -1.46. The minimum absolute atomic E-state index is 0.00927. The fourth-order valence-corrected chi connectivity index (χ4v) is 2.29. The van der Waals surface area contributed by atoms with Gasteiger partial charge >= 0.3 is 0 Å². The Kier molecular flexibility index (Phi) is 3.87. The van der Waals surface area contributed by atoms with Crippen LogP contribution in [0.4, 0.5) is 0 Å². The maximum atomic E-state index is 12.3. The first-order valence-corrected chi connectivity index (χ1v) is 6.71. The van der Waals surface area contributed by atoms with E-state index in [1.165, 1.54) is 0 Å². The zero-order valence-corrected chi connectivity index (χ0v) is 11.7. The van der Waals surface area contributed by atoms with Gasteiger partial charge in [0.1, 0.15) is 4.99 Å². The Morgan fingerprint density at radius 1 is 1.26 bits per heavy atom. The molecule has 0 aliphatic carbocycles. The second kappa shape index (κ2) is 5.27. The van der Waals surface area contributed by atoms with Crippen LogP contribution in [-0.2, 0) is 0 Å². The fourth-order valence-electron chi connectivity index (χ4n) is 2.15. The summed E-state index contributed by atoms with van der Waals surface area (Å²) in [5, 5.41) is 9.88. The topological polar surface area (TPSA) is 66.6 Å². The van der Waals surface area contributed by atoms with Crippen LogP contribution in [0.5, 0.6) is 0 Å². The van der Waals surface area contributed by atoms with Crippen LogP contribution in [0.25, 0.3) is 0 Å². The monoisotopic (exact) mass is 278 g/mol. The molecule has 4 nitrogen and oxygen atoms in total. The standard InChI is InChI=1S/C14H18N2O2S/c1-14(18)6-8-16(9-7-14)13(17)11-4-2-10(3-5-11)12(15)19/h2-5,18H,6-9H2,1H3,(H2,15,19). The summed E-state index contributed by atoms with van der Waals surface area (Å²) in [6.45, 7) is 2.98. The molecule has 0 spiro atoms. The highest BCUT2D eigenvalue weighted by molar-refractivity contribution is 7.80. The van der Waals surface area contributed by atoms with Gasteiger partial charge in [-0.15, -0.1) is 0 Å². The number of thiocarbonyl (C=S) groups is 1. The molecule has 102 valence electrons. The zero-order chi connectivity index (χ0) is 14.0. The molecule has 2 rings (SSSR count). The lowest BCUT2D eigenvalue weighted by Gasteiger charge is -2.35. The number of nitrogens with zero attached hydrogens (tertiary/aromatic N) is 1. The quantitative estimate of drug-likeness (QED) is 0.800. The lowest BCUT2D eigenvalue weighted by atomic mass is 9.93. The third kappa shape index (κ3) is 3.30. The van der Waals surface area contributed by atoms with E-state index in [4.69, 9.17) is 18.0 Å². The van der Waals surface area contributed by atoms with Crippen LogP contribution in [0.15, 0.2) is 24.3 Å². The third-order valence-corrected chi connectivity index (χ3v) is 3.78. The van der Waals surface area contributed by atoms with E-state index in [-0.39, 0.29) is 5.91 Å². The molecule has 0 radical (unpaired) electrons. The number of hydrogen-bond donors (Lipinski definition) is 2. The van der Waals surface area contributed by atoms with E-state index >= 15 is 0 Å². The van der Waals surface area contributed by atoms with E-state index in [1.54, 1.807) is 29.2 Å². The number of carbonyl (C=O) groups is 1. The molecule has 0 bridgehead atoms. The van der Waals surface area contributed by atoms with Gasteiger partial charge in [0.15, 0.2) is 0 Å². The number of rotatable bonds is 2. The zero-order valence-electron chi connectivity index (χ0n) is 10.9. The molecule has 1 aromatic carbocycles. The maximum absolute atomic E-state index is 12.3. The number of carbonyl (C=O) groups excluding carboxylic acids is 1. The van der Waals surface area contributed by atoms with Crippen molar-refractivity contribution in [2.45, 2.75) is 25.4 Å². The Morgan fingerprint density at radius 3 is 2.21 bits per heavy atom. The van der Waals surface area contributed by atoms with Gasteiger partial charge in [-0.05, 0) is 31.9 Å². The second-order valence-corrected chi connectivity index (χ2v) is 5.67. The summed E-state index contributed by atoms with van der Waals surface area (Å²) in [4.78, 5) is 14.4. The summed E-state index contributed by atoms with van der Waals surface area (Å²) < 4.78 is 0. The first kappa shape index (κ1) is 14.0. The average Bonchev–Trinajstić information content (AvgIpc) is 2.38. The molecule has 0 aromatic heterocycles. The van der Waals surface area contributed by atoms with Crippen molar-refractivity contribution >= 4 is 23.1 Å². The molecule has 0 unspecified atom stereocenters. The maximum Gasteiger partial charge on any atom is 0.253 e. The fraction of sp³-hybridized carbons (Fsp3) is 0.429. The van der Waals surface area contributed by atoms with Crippen molar-refractivity contribution in [1.82, 2.24) is 4.90 Å². The number of piperidine rings is 1. The number of hydrogen-bond acceptors (Lipinski definition) is 3. The van der Waals surface area contributed by atoms with Crippen LogP contribution in [0, 0.1) is 0 Å². The number of benzene rings is 1. The molecular weight excluding hydrogens is 260 g/mol. The molecule has 1 aromatic rings. The van der Waals surface area contributed by atoms with Gasteiger partial charge in [-0.1, -0.05) is 24.4 Å². The van der Waals surface area contributed by atoms with Gasteiger partial charge in [0.25, 0.3) is 5.91 Å². The highest BCUT2D eigenvalue weighted by atomic mass is 32.1. The lowest BCUT2D eigenvalue weighted by Crippen LogP contribution is -2.45. The first-order chi connectivity index (χ1) is 8.89. The van der Waals surface area contributed by atoms with E-state index in [1.807, 2.05) is 6.92 Å². The molecule has 1 amide bonds. The molecule has 0 atom stereocenters. The molecule has 1 saturated heterocycles. The summed E-state index contributed by atoms with van der Waals surface area (Å²) in [5.74, 6) is -0.00927. The largest absolute Gasteiger partial charge is 0.390 e. The Bertz CT molecular complexity index is 487. The average molecular weight is 278 g/mol. The third-order valence-electron chi connectivity index (χ3n) is 3.54. The molecule has 1 fully saturated rings. The van der Waals surface area contributed by atoms with Crippen molar-refractivity contribution in [2.24, 2.45) is 5.73 Å². The van der Waals surface area contributed by atoms with Crippen LogP contribution in [0.3, 0.4) is 0 Å². The van der Waals surface area contributed by atoms with Gasteiger partial charge in [-0.25, -0.2) is 0 Å². The molecule has 19 heavy (non-hydrogen) atoms. The molecular formula is C14H18N2O2S. The van der Waals surface area contributed by atoms with Crippen LogP contribution in [0.1, 0.15) is 35.7 Å². The molecule has 5 heteroatoms. The van der Waals surface area contributed by atoms with Crippen LogP contribution in [-0.4, -0.2) is 39.6 Å². The first-order valence-electron chi connectivity index (χ1n) is 6.31. The van der Waals surface area contributed by atoms with Crippen molar-refractivity contribution in [1.29, 1.82) is 0 Å². The van der Waals surface area contributed by atoms with E-state index in [0.29, 0.717) is 36.5 Å². The predicted octanol–water partition coefficient (Wildman–Crippen LogP) is 1.31. The van der Waals surface area contributed by atoms with Gasteiger partial charge in [0.05, 0.1) is 5.60 Å². The predicted molar refractivity (Wildman–Crippen MR) is 78.1 cm³/mol. The normalized spacial score (nSPS) is 18.1. The minimum Gasteiger partial charge on any atom is -0.390 e. The van der Waals surface area contributed by atoms with Crippen molar-refractivity contribution in [3.05, 3.63) is 35.4 Å². The van der Waals surface area contributed by atoms with E-state index in [0.717, 1.165) is 5.56 Å². The molecule has 1 aliphatic rings. The summed E-state index contributed by atoms with van der Waals surface area (Å²) in [6.07, 6.45) is 1.23. The van der Waals surface area contributed by atoms with Crippen molar-refractivity contribution in [3.63, 3.8) is 0 Å². The Morgan fingerprint density at radius 2 is 1.74 bits per heavy atom. The number of likely N-dealkylation sites (tertiary alicyclic amines) is 1. The molecule has 1 aliphatic heterocycles. The van der Waals surface area contributed by atoms with Crippen molar-refractivity contribution < 1.29 is 9.90 Å². The van der Waals surface area contributed by atoms with E-state index < -0.39 is 5.60 Å². The lowest BCUT2D eigenvalue weighted by molar-refractivity contribution is -0.00202. The summed E-state index contributed by atoms with van der Waals surface area (Å²) in [7, 11) is 0. The van der Waals surface area contributed by atoms with Crippen molar-refractivity contribution in [3.8, 4) is 0 Å². The van der Waals surface area contributed by atoms with Gasteiger partial charge < -0.3 is 15.7 Å². The van der Waals surface area contributed by atoms with Crippen LogP contribution < -0.4 is 5.73 Å². The van der Waals surface area contributed by atoms with Crippen molar-refractivity contribution in [2.75, 3.05) is 13.1 Å². The Balaban J connectivity index is 2.06. The molecule has 3 N–H and O–H groups in total.